The van der Waals surface area contributed by atoms with Crippen molar-refractivity contribution < 1.29 is 0 Å². The van der Waals surface area contributed by atoms with Crippen LogP contribution in [0.1, 0.15) is 24.0 Å². The second-order valence-corrected chi connectivity index (χ2v) is 8.22. The van der Waals surface area contributed by atoms with Crippen LogP contribution in [-0.2, 0) is 12.8 Å². The summed E-state index contributed by atoms with van der Waals surface area (Å²) in [5.74, 6) is 0. The van der Waals surface area contributed by atoms with Gasteiger partial charge >= 0.3 is 0 Å². The fourth-order valence-electron chi connectivity index (χ4n) is 4.90. The molecule has 3 heteroatoms. The van der Waals surface area contributed by atoms with Gasteiger partial charge in [0.25, 0.3) is 0 Å². The van der Waals surface area contributed by atoms with Gasteiger partial charge in [0.2, 0.25) is 0 Å². The van der Waals surface area contributed by atoms with Crippen LogP contribution in [0.3, 0.4) is 0 Å². The maximum atomic E-state index is 4.29. The van der Waals surface area contributed by atoms with Crippen LogP contribution in [0.25, 0.3) is 43.5 Å². The van der Waals surface area contributed by atoms with Crippen LogP contribution in [0.5, 0.6) is 0 Å². The monoisotopic (exact) mass is 401 g/mol. The summed E-state index contributed by atoms with van der Waals surface area (Å²) >= 11 is 0. The molecule has 0 fully saturated rings. The Balaban J connectivity index is 0.000000126. The number of hydrogen-bond donors (Lipinski definition) is 1. The standard InChI is InChI=1S/C18H16.C10H7N3/c1-3-7-15-13(5-1)9-11-18-16-8-4-2-6-14(16)10-12-17(15)18;1-2-8-10(13-6-5-11-8)9-7(1)3-4-12-9/h1,3,5,7,9-12H,2,4,6,8H2;1-6,12H. The van der Waals surface area contributed by atoms with Crippen LogP contribution in [0, 0.1) is 0 Å². The molecule has 1 aliphatic carbocycles. The second-order valence-electron chi connectivity index (χ2n) is 8.22. The Hall–Kier alpha value is -3.72. The van der Waals surface area contributed by atoms with Crippen molar-refractivity contribution in [3.8, 4) is 0 Å². The van der Waals surface area contributed by atoms with E-state index in [1.54, 1.807) is 23.5 Å². The predicted molar refractivity (Wildman–Crippen MR) is 129 cm³/mol. The summed E-state index contributed by atoms with van der Waals surface area (Å²) in [4.78, 5) is 11.7. The number of H-pyrrole nitrogens is 1. The molecule has 3 nitrogen and oxygen atoms in total. The summed E-state index contributed by atoms with van der Waals surface area (Å²) in [6.07, 6.45) is 10.5. The molecule has 4 aromatic carbocycles. The van der Waals surface area contributed by atoms with Crippen molar-refractivity contribution in [1.29, 1.82) is 0 Å². The number of aromatic nitrogens is 3. The zero-order chi connectivity index (χ0) is 20.6. The first-order chi connectivity index (χ1) is 15.4. The fraction of sp³-hybridized carbons (Fsp3) is 0.143. The average Bonchev–Trinajstić information content (AvgIpc) is 3.34. The Morgan fingerprint density at radius 3 is 2.48 bits per heavy atom. The van der Waals surface area contributed by atoms with E-state index in [1.807, 2.05) is 24.4 Å². The first-order valence-corrected chi connectivity index (χ1v) is 11.0. The van der Waals surface area contributed by atoms with E-state index in [-0.39, 0.29) is 0 Å². The number of nitrogens with one attached hydrogen (secondary N) is 1. The minimum atomic E-state index is 0.928. The fourth-order valence-corrected chi connectivity index (χ4v) is 4.90. The third-order valence-electron chi connectivity index (χ3n) is 6.42. The van der Waals surface area contributed by atoms with Gasteiger partial charge in [-0.25, -0.2) is 0 Å². The molecule has 0 unspecified atom stereocenters. The second kappa shape index (κ2) is 7.51. The zero-order valence-corrected chi connectivity index (χ0v) is 17.3. The summed E-state index contributed by atoms with van der Waals surface area (Å²) in [6, 6.07) is 24.0. The van der Waals surface area contributed by atoms with Crippen LogP contribution in [0.15, 0.2) is 85.3 Å². The third-order valence-corrected chi connectivity index (χ3v) is 6.42. The predicted octanol–water partition coefficient (Wildman–Crippen LogP) is 6.98. The Morgan fingerprint density at radius 1 is 0.645 bits per heavy atom. The van der Waals surface area contributed by atoms with E-state index in [4.69, 9.17) is 0 Å². The number of aromatic amines is 1. The molecule has 2 heterocycles. The van der Waals surface area contributed by atoms with Crippen LogP contribution in [0.4, 0.5) is 0 Å². The average molecular weight is 402 g/mol. The van der Waals surface area contributed by atoms with Gasteiger partial charge in [-0.05, 0) is 70.5 Å². The summed E-state index contributed by atoms with van der Waals surface area (Å²) in [6.45, 7) is 0. The summed E-state index contributed by atoms with van der Waals surface area (Å²) in [5.41, 5.74) is 6.10. The van der Waals surface area contributed by atoms with E-state index in [1.165, 1.54) is 52.6 Å². The lowest BCUT2D eigenvalue weighted by Gasteiger charge is -2.18. The summed E-state index contributed by atoms with van der Waals surface area (Å²) in [5, 5.41) is 6.82. The molecule has 1 N–H and O–H groups in total. The lowest BCUT2D eigenvalue weighted by atomic mass is 9.86. The lowest BCUT2D eigenvalue weighted by Crippen LogP contribution is -2.02. The summed E-state index contributed by atoms with van der Waals surface area (Å²) in [7, 11) is 0. The van der Waals surface area contributed by atoms with E-state index in [0.717, 1.165) is 16.6 Å². The molecule has 1 aliphatic rings. The topological polar surface area (TPSA) is 41.6 Å². The zero-order valence-electron chi connectivity index (χ0n) is 17.3. The number of rotatable bonds is 0. The Labute approximate surface area is 180 Å². The molecule has 150 valence electrons. The van der Waals surface area contributed by atoms with E-state index >= 15 is 0 Å². The number of benzene rings is 4. The molecule has 0 aliphatic heterocycles. The first kappa shape index (κ1) is 18.1. The molecule has 2 aromatic heterocycles. The van der Waals surface area contributed by atoms with E-state index in [9.17, 15) is 0 Å². The van der Waals surface area contributed by atoms with Gasteiger partial charge < -0.3 is 4.98 Å². The van der Waals surface area contributed by atoms with Crippen molar-refractivity contribution in [3.63, 3.8) is 0 Å². The van der Waals surface area contributed by atoms with Gasteiger partial charge in [0, 0.05) is 24.0 Å². The summed E-state index contributed by atoms with van der Waals surface area (Å²) < 4.78 is 0. The third kappa shape index (κ3) is 3.14. The van der Waals surface area contributed by atoms with Crippen molar-refractivity contribution in [3.05, 3.63) is 96.4 Å². The molecule has 0 spiro atoms. The first-order valence-electron chi connectivity index (χ1n) is 11.0. The number of hydrogen-bond acceptors (Lipinski definition) is 2. The van der Waals surface area contributed by atoms with Gasteiger partial charge in [-0.1, -0.05) is 54.6 Å². The van der Waals surface area contributed by atoms with Gasteiger partial charge in [-0.2, -0.15) is 0 Å². The van der Waals surface area contributed by atoms with Gasteiger partial charge in [0.1, 0.15) is 5.52 Å². The smallest absolute Gasteiger partial charge is 0.113 e. The van der Waals surface area contributed by atoms with Crippen LogP contribution in [-0.4, -0.2) is 15.0 Å². The largest absolute Gasteiger partial charge is 0.359 e. The molecule has 0 bridgehead atoms. The van der Waals surface area contributed by atoms with Crippen molar-refractivity contribution in [2.24, 2.45) is 0 Å². The Kier molecular flexibility index (Phi) is 4.38. The number of nitrogens with zero attached hydrogens (tertiary/aromatic N) is 2. The maximum absolute atomic E-state index is 4.29. The number of fused-ring (bicyclic) bond motifs is 8. The van der Waals surface area contributed by atoms with Crippen molar-refractivity contribution in [2.75, 3.05) is 0 Å². The molecule has 0 radical (unpaired) electrons. The molecule has 0 saturated carbocycles. The molecular formula is C28H23N3. The quantitative estimate of drug-likeness (QED) is 0.279. The molecule has 0 amide bonds. The van der Waals surface area contributed by atoms with Crippen LogP contribution in [0.2, 0.25) is 0 Å². The molecule has 7 rings (SSSR count). The van der Waals surface area contributed by atoms with Crippen LogP contribution < -0.4 is 0 Å². The number of aryl methyl sites for hydroxylation is 2. The molecule has 6 aromatic rings. The highest BCUT2D eigenvalue weighted by molar-refractivity contribution is 6.08. The van der Waals surface area contributed by atoms with Gasteiger partial charge in [0.15, 0.2) is 0 Å². The van der Waals surface area contributed by atoms with Crippen LogP contribution >= 0.6 is 0 Å². The van der Waals surface area contributed by atoms with E-state index < -0.39 is 0 Å². The minimum absolute atomic E-state index is 0.928. The highest BCUT2D eigenvalue weighted by Crippen LogP contribution is 2.33. The Morgan fingerprint density at radius 2 is 1.48 bits per heavy atom. The van der Waals surface area contributed by atoms with Crippen molar-refractivity contribution in [1.82, 2.24) is 15.0 Å². The molecule has 31 heavy (non-hydrogen) atoms. The van der Waals surface area contributed by atoms with E-state index in [0.29, 0.717) is 0 Å². The molecule has 0 atom stereocenters. The lowest BCUT2D eigenvalue weighted by molar-refractivity contribution is 0.690. The van der Waals surface area contributed by atoms with Gasteiger partial charge in [-0.15, -0.1) is 0 Å². The maximum Gasteiger partial charge on any atom is 0.113 e. The molecular weight excluding hydrogens is 378 g/mol. The highest BCUT2D eigenvalue weighted by atomic mass is 14.8. The van der Waals surface area contributed by atoms with E-state index in [2.05, 4.69) is 63.5 Å². The van der Waals surface area contributed by atoms with Gasteiger partial charge in [-0.3, -0.25) is 9.97 Å². The van der Waals surface area contributed by atoms with Crippen molar-refractivity contribution >= 4 is 43.5 Å². The highest BCUT2D eigenvalue weighted by Gasteiger charge is 2.13. The SMILES string of the molecule is c1ccc2c(c1)ccc1c3c(ccc12)CCCC3.c1cnc2c(ccc3cc[nH]c32)n1. The molecule has 0 saturated heterocycles. The van der Waals surface area contributed by atoms with Gasteiger partial charge in [0.05, 0.1) is 11.0 Å². The normalized spacial score (nSPS) is 13.3. The minimum Gasteiger partial charge on any atom is -0.359 e. The Bertz CT molecular complexity index is 1540. The van der Waals surface area contributed by atoms with Crippen molar-refractivity contribution in [2.45, 2.75) is 25.7 Å².